The number of nitrogens with one attached hydrogen (secondary N) is 1. The Kier molecular flexibility index (Phi) is 6.63. The zero-order valence-electron chi connectivity index (χ0n) is 15.8. The summed E-state index contributed by atoms with van der Waals surface area (Å²) in [5.41, 5.74) is 0. The molecular formula is C18H21N5O3S2. The third-order valence-corrected chi connectivity index (χ3v) is 5.96. The Balaban J connectivity index is 1.53. The Hall–Kier alpha value is -2.46. The van der Waals surface area contributed by atoms with Gasteiger partial charge >= 0.3 is 5.97 Å². The fraction of sp³-hybridized carbons (Fsp3) is 0.389. The van der Waals surface area contributed by atoms with Crippen molar-refractivity contribution in [2.75, 3.05) is 11.1 Å². The van der Waals surface area contributed by atoms with Gasteiger partial charge in [0.25, 0.3) is 5.91 Å². The van der Waals surface area contributed by atoms with Crippen molar-refractivity contribution in [3.05, 3.63) is 30.0 Å². The smallest absolute Gasteiger partial charge is 0.317 e. The summed E-state index contributed by atoms with van der Waals surface area (Å²) in [6, 6.07) is 3.79. The molecule has 28 heavy (non-hydrogen) atoms. The number of aromatic nitrogens is 4. The van der Waals surface area contributed by atoms with E-state index in [2.05, 4.69) is 20.4 Å². The van der Waals surface area contributed by atoms with Gasteiger partial charge in [-0.25, -0.2) is 14.6 Å². The number of carbonyl (C=O) groups excluding carboxylic acids is 2. The highest BCUT2D eigenvalue weighted by Crippen LogP contribution is 2.27. The summed E-state index contributed by atoms with van der Waals surface area (Å²) in [5, 5.41) is 10.5. The van der Waals surface area contributed by atoms with Crippen LogP contribution in [0.5, 0.6) is 0 Å². The second-order valence-electron chi connectivity index (χ2n) is 6.15. The zero-order chi connectivity index (χ0) is 20.1. The van der Waals surface area contributed by atoms with Gasteiger partial charge in [-0.3, -0.25) is 9.59 Å². The minimum atomic E-state index is -0.917. The van der Waals surface area contributed by atoms with Crippen LogP contribution in [-0.2, 0) is 14.3 Å². The monoisotopic (exact) mass is 419 g/mol. The molecule has 0 radical (unpaired) electrons. The van der Waals surface area contributed by atoms with Crippen molar-refractivity contribution in [2.45, 2.75) is 44.4 Å². The predicted octanol–water partition coefficient (Wildman–Crippen LogP) is 3.52. The average Bonchev–Trinajstić information content (AvgIpc) is 3.35. The van der Waals surface area contributed by atoms with Crippen molar-refractivity contribution in [1.82, 2.24) is 19.7 Å². The van der Waals surface area contributed by atoms with Crippen molar-refractivity contribution < 1.29 is 14.3 Å². The third-order valence-electron chi connectivity index (χ3n) is 4.16. The Labute approximate surface area is 170 Å². The Bertz CT molecular complexity index is 971. The van der Waals surface area contributed by atoms with Crippen LogP contribution in [0, 0.1) is 0 Å². The number of hydrogen-bond acceptors (Lipinski definition) is 8. The maximum absolute atomic E-state index is 12.4. The lowest BCUT2D eigenvalue weighted by Gasteiger charge is -2.16. The molecule has 1 N–H and O–H groups in total. The van der Waals surface area contributed by atoms with Crippen LogP contribution < -0.4 is 5.32 Å². The lowest BCUT2D eigenvalue weighted by molar-refractivity contribution is -0.150. The minimum absolute atomic E-state index is 0.0599. The number of thiophene rings is 1. The van der Waals surface area contributed by atoms with Crippen molar-refractivity contribution in [3.63, 3.8) is 0 Å². The second-order valence-corrected chi connectivity index (χ2v) is 8.01. The molecule has 0 aliphatic carbocycles. The normalized spacial score (nSPS) is 13.2. The second kappa shape index (κ2) is 9.16. The first kappa shape index (κ1) is 20.3. The zero-order valence-corrected chi connectivity index (χ0v) is 17.4. The number of amides is 1. The molecule has 148 valence electrons. The number of anilines is 1. The van der Waals surface area contributed by atoms with E-state index < -0.39 is 18.0 Å². The van der Waals surface area contributed by atoms with E-state index in [4.69, 9.17) is 4.74 Å². The summed E-state index contributed by atoms with van der Waals surface area (Å²) in [4.78, 5) is 33.8. The third kappa shape index (κ3) is 4.68. The van der Waals surface area contributed by atoms with Crippen LogP contribution in [0.15, 0.2) is 35.1 Å². The van der Waals surface area contributed by atoms with Gasteiger partial charge in [-0.2, -0.15) is 5.10 Å². The van der Waals surface area contributed by atoms with Gasteiger partial charge in [0.1, 0.15) is 22.0 Å². The molecule has 3 aromatic heterocycles. The van der Waals surface area contributed by atoms with Crippen molar-refractivity contribution >= 4 is 51.0 Å². The van der Waals surface area contributed by atoms with E-state index in [9.17, 15) is 9.59 Å². The van der Waals surface area contributed by atoms with Gasteiger partial charge in [0, 0.05) is 11.5 Å². The van der Waals surface area contributed by atoms with E-state index in [1.165, 1.54) is 29.4 Å². The first-order valence-corrected chi connectivity index (χ1v) is 10.7. The number of hydrogen-bond donors (Lipinski definition) is 1. The van der Waals surface area contributed by atoms with E-state index in [0.29, 0.717) is 5.82 Å². The largest absolute Gasteiger partial charge is 0.452 e. The quantitative estimate of drug-likeness (QED) is 0.339. The first-order chi connectivity index (χ1) is 13.5. The van der Waals surface area contributed by atoms with Gasteiger partial charge in [0.15, 0.2) is 6.10 Å². The summed E-state index contributed by atoms with van der Waals surface area (Å²) in [7, 11) is 0. The summed E-state index contributed by atoms with van der Waals surface area (Å²) in [6.07, 6.45) is 3.07. The molecule has 0 aliphatic rings. The number of ether oxygens (including phenoxy) is 1. The maximum Gasteiger partial charge on any atom is 0.317 e. The lowest BCUT2D eigenvalue weighted by Crippen LogP contribution is -2.31. The van der Waals surface area contributed by atoms with E-state index >= 15 is 0 Å². The number of fused-ring (bicyclic) bond motifs is 1. The highest BCUT2D eigenvalue weighted by molar-refractivity contribution is 8.00. The Morgan fingerprint density at radius 1 is 1.32 bits per heavy atom. The van der Waals surface area contributed by atoms with Gasteiger partial charge in [0.2, 0.25) is 0 Å². The standard InChI is InChI=1S/C18H21N5O3S2/c1-4-11(2)23-14(5-7-21-23)22-16(25)12(3)26-15(24)9-28-18-13-6-8-27-17(13)19-10-20-18/h5-8,10-12H,4,9H2,1-3H3,(H,22,25)/t11-,12-/m0/s1. The molecule has 2 atom stereocenters. The highest BCUT2D eigenvalue weighted by Gasteiger charge is 2.20. The van der Waals surface area contributed by atoms with Gasteiger partial charge in [0.05, 0.1) is 18.0 Å². The number of rotatable bonds is 8. The first-order valence-electron chi connectivity index (χ1n) is 8.84. The maximum atomic E-state index is 12.4. The van der Waals surface area contributed by atoms with Crippen LogP contribution in [0.2, 0.25) is 0 Å². The summed E-state index contributed by atoms with van der Waals surface area (Å²) < 4.78 is 7.00. The molecular weight excluding hydrogens is 398 g/mol. The molecule has 3 rings (SSSR count). The molecule has 1 amide bonds. The molecule has 0 aliphatic heterocycles. The highest BCUT2D eigenvalue weighted by atomic mass is 32.2. The van der Waals surface area contributed by atoms with Crippen LogP contribution in [-0.4, -0.2) is 43.5 Å². The topological polar surface area (TPSA) is 99.0 Å². The molecule has 0 saturated heterocycles. The van der Waals surface area contributed by atoms with Gasteiger partial charge in [-0.1, -0.05) is 18.7 Å². The number of carbonyl (C=O) groups is 2. The number of esters is 1. The van der Waals surface area contributed by atoms with Crippen LogP contribution >= 0.6 is 23.1 Å². The average molecular weight is 420 g/mol. The molecule has 0 fully saturated rings. The van der Waals surface area contributed by atoms with Gasteiger partial charge in [-0.05, 0) is 31.7 Å². The van der Waals surface area contributed by atoms with E-state index in [1.807, 2.05) is 25.3 Å². The van der Waals surface area contributed by atoms with Crippen LogP contribution in [0.25, 0.3) is 10.2 Å². The molecule has 0 aromatic carbocycles. The van der Waals surface area contributed by atoms with E-state index in [1.54, 1.807) is 23.9 Å². The van der Waals surface area contributed by atoms with Crippen LogP contribution in [0.3, 0.4) is 0 Å². The van der Waals surface area contributed by atoms with Crippen LogP contribution in [0.4, 0.5) is 5.82 Å². The minimum Gasteiger partial charge on any atom is -0.452 e. The molecule has 0 unspecified atom stereocenters. The van der Waals surface area contributed by atoms with Crippen molar-refractivity contribution in [3.8, 4) is 0 Å². The number of nitrogens with zero attached hydrogens (tertiary/aromatic N) is 4. The van der Waals surface area contributed by atoms with Gasteiger partial charge in [-0.15, -0.1) is 11.3 Å². The molecule has 3 heterocycles. The van der Waals surface area contributed by atoms with E-state index in [-0.39, 0.29) is 11.8 Å². The fourth-order valence-corrected chi connectivity index (χ4v) is 4.02. The summed E-state index contributed by atoms with van der Waals surface area (Å²) >= 11 is 2.78. The Morgan fingerprint density at radius 2 is 2.14 bits per heavy atom. The number of thioether (sulfide) groups is 1. The molecule has 0 saturated carbocycles. The predicted molar refractivity (Wildman–Crippen MR) is 110 cm³/mol. The Morgan fingerprint density at radius 3 is 2.93 bits per heavy atom. The molecule has 3 aromatic rings. The molecule has 8 nitrogen and oxygen atoms in total. The molecule has 0 bridgehead atoms. The van der Waals surface area contributed by atoms with E-state index in [0.717, 1.165) is 21.7 Å². The molecule has 0 spiro atoms. The summed E-state index contributed by atoms with van der Waals surface area (Å²) in [6.45, 7) is 5.60. The fourth-order valence-electron chi connectivity index (χ4n) is 2.46. The van der Waals surface area contributed by atoms with Crippen LogP contribution in [0.1, 0.15) is 33.2 Å². The van der Waals surface area contributed by atoms with Gasteiger partial charge < -0.3 is 10.1 Å². The summed E-state index contributed by atoms with van der Waals surface area (Å²) in [5.74, 6) is -0.238. The molecule has 10 heteroatoms. The van der Waals surface area contributed by atoms with Crippen molar-refractivity contribution in [1.29, 1.82) is 0 Å². The SMILES string of the molecule is CC[C@H](C)n1nccc1NC(=O)[C@H](C)OC(=O)CSc1ncnc2sccc12. The lowest BCUT2D eigenvalue weighted by atomic mass is 10.3. The van der Waals surface area contributed by atoms with Crippen molar-refractivity contribution in [2.24, 2.45) is 0 Å².